The lowest BCUT2D eigenvalue weighted by molar-refractivity contribution is 0.0630. The maximum Gasteiger partial charge on any atom is 0.259 e. The number of rotatable bonds is 5. The molecule has 0 aliphatic carbocycles. The largest absolute Gasteiger partial charge is 0.336 e. The third-order valence-corrected chi connectivity index (χ3v) is 6.02. The molecule has 1 saturated heterocycles. The summed E-state index contributed by atoms with van der Waals surface area (Å²) in [7, 11) is 0. The number of fused-ring (bicyclic) bond motifs is 1. The Bertz CT molecular complexity index is 1170. The molecule has 0 spiro atoms. The first kappa shape index (κ1) is 21.2. The molecule has 0 radical (unpaired) electrons. The molecule has 3 aromatic rings. The summed E-state index contributed by atoms with van der Waals surface area (Å²) in [6.45, 7) is 13.2. The molecule has 4 rings (SSSR count). The van der Waals surface area contributed by atoms with Crippen LogP contribution < -0.4 is 5.43 Å². The van der Waals surface area contributed by atoms with Crippen molar-refractivity contribution in [2.24, 2.45) is 0 Å². The highest BCUT2D eigenvalue weighted by molar-refractivity contribution is 5.97. The van der Waals surface area contributed by atoms with Crippen molar-refractivity contribution in [3.63, 3.8) is 0 Å². The Labute approximate surface area is 182 Å². The predicted molar refractivity (Wildman–Crippen MR) is 120 cm³/mol. The molecular formula is C23H30N6O2. The van der Waals surface area contributed by atoms with E-state index in [1.54, 1.807) is 17.2 Å². The molecule has 0 atom stereocenters. The molecule has 3 aromatic heterocycles. The Morgan fingerprint density at radius 1 is 1.03 bits per heavy atom. The number of hydrogen-bond donors (Lipinski definition) is 0. The molecule has 1 fully saturated rings. The average Bonchev–Trinajstić information content (AvgIpc) is 3.09. The van der Waals surface area contributed by atoms with Crippen molar-refractivity contribution in [2.45, 2.75) is 40.8 Å². The summed E-state index contributed by atoms with van der Waals surface area (Å²) in [5, 5.41) is 5.02. The highest BCUT2D eigenvalue weighted by Crippen LogP contribution is 2.14. The standard InChI is InChI=1S/C23H30N6O2/c1-5-27-15-20(21(30)19-7-6-16(2)24-22(19)27)23(31)28-11-8-26(9-12-28)10-13-29-18(4)14-17(3)25-29/h6-7,14-15H,5,8-13H2,1-4H3. The Kier molecular flexibility index (Phi) is 5.91. The molecule has 0 bridgehead atoms. The van der Waals surface area contributed by atoms with Crippen LogP contribution in [-0.4, -0.2) is 67.8 Å². The molecule has 0 saturated carbocycles. The van der Waals surface area contributed by atoms with Crippen LogP contribution in [0.4, 0.5) is 0 Å². The topological polar surface area (TPSA) is 76.3 Å². The molecule has 8 nitrogen and oxygen atoms in total. The number of nitrogens with zero attached hydrogens (tertiary/aromatic N) is 6. The number of aryl methyl sites for hydroxylation is 4. The molecule has 8 heteroatoms. The maximum absolute atomic E-state index is 13.2. The van der Waals surface area contributed by atoms with Crippen LogP contribution in [0.3, 0.4) is 0 Å². The van der Waals surface area contributed by atoms with Crippen molar-refractivity contribution < 1.29 is 4.79 Å². The predicted octanol–water partition coefficient (Wildman–Crippen LogP) is 2.00. The van der Waals surface area contributed by atoms with E-state index in [-0.39, 0.29) is 16.9 Å². The molecule has 4 heterocycles. The van der Waals surface area contributed by atoms with Crippen LogP contribution in [0.25, 0.3) is 11.0 Å². The lowest BCUT2D eigenvalue weighted by Crippen LogP contribution is -2.50. The molecule has 1 aliphatic rings. The highest BCUT2D eigenvalue weighted by Gasteiger charge is 2.25. The zero-order chi connectivity index (χ0) is 22.1. The fourth-order valence-corrected chi connectivity index (χ4v) is 4.24. The van der Waals surface area contributed by atoms with Gasteiger partial charge >= 0.3 is 0 Å². The average molecular weight is 423 g/mol. The Morgan fingerprint density at radius 3 is 2.42 bits per heavy atom. The molecule has 0 unspecified atom stereocenters. The first-order valence-corrected chi connectivity index (χ1v) is 10.9. The van der Waals surface area contributed by atoms with E-state index in [0.717, 1.165) is 37.6 Å². The molecule has 0 N–H and O–H groups in total. The third kappa shape index (κ3) is 4.25. The summed E-state index contributed by atoms with van der Waals surface area (Å²) in [6, 6.07) is 5.68. The van der Waals surface area contributed by atoms with Crippen molar-refractivity contribution >= 4 is 16.9 Å². The fraction of sp³-hybridized carbons (Fsp3) is 0.478. The van der Waals surface area contributed by atoms with Gasteiger partial charge in [-0.05, 0) is 45.9 Å². The number of aromatic nitrogens is 4. The van der Waals surface area contributed by atoms with E-state index in [2.05, 4.69) is 28.0 Å². The Hall–Kier alpha value is -3.00. The zero-order valence-electron chi connectivity index (χ0n) is 18.8. The van der Waals surface area contributed by atoms with Crippen LogP contribution in [0.5, 0.6) is 0 Å². The van der Waals surface area contributed by atoms with E-state index in [1.807, 2.05) is 36.1 Å². The van der Waals surface area contributed by atoms with E-state index in [9.17, 15) is 9.59 Å². The molecular weight excluding hydrogens is 392 g/mol. The van der Waals surface area contributed by atoms with Crippen molar-refractivity contribution in [3.05, 3.63) is 57.3 Å². The Morgan fingerprint density at radius 2 is 1.77 bits per heavy atom. The highest BCUT2D eigenvalue weighted by atomic mass is 16.2. The van der Waals surface area contributed by atoms with Crippen LogP contribution in [0.15, 0.2) is 29.2 Å². The van der Waals surface area contributed by atoms with Gasteiger partial charge in [0.15, 0.2) is 0 Å². The number of pyridine rings is 2. The minimum atomic E-state index is -0.232. The first-order valence-electron chi connectivity index (χ1n) is 10.9. The lowest BCUT2D eigenvalue weighted by Gasteiger charge is -2.34. The first-order chi connectivity index (χ1) is 14.9. The van der Waals surface area contributed by atoms with Gasteiger partial charge in [0.2, 0.25) is 5.43 Å². The smallest absolute Gasteiger partial charge is 0.259 e. The van der Waals surface area contributed by atoms with Crippen LogP contribution in [0.2, 0.25) is 0 Å². The SMILES string of the molecule is CCn1cc(C(=O)N2CCN(CCn3nc(C)cc3C)CC2)c(=O)c2ccc(C)nc21. The number of carbonyl (C=O) groups excluding carboxylic acids is 1. The van der Waals surface area contributed by atoms with Gasteiger partial charge in [-0.2, -0.15) is 5.10 Å². The van der Waals surface area contributed by atoms with Crippen molar-refractivity contribution in [3.8, 4) is 0 Å². The minimum absolute atomic E-state index is 0.187. The minimum Gasteiger partial charge on any atom is -0.336 e. The second-order valence-corrected chi connectivity index (χ2v) is 8.27. The molecule has 164 valence electrons. The van der Waals surface area contributed by atoms with Crippen LogP contribution in [0.1, 0.15) is 34.4 Å². The number of hydrogen-bond acceptors (Lipinski definition) is 5. The second kappa shape index (κ2) is 8.63. The van der Waals surface area contributed by atoms with Crippen LogP contribution in [-0.2, 0) is 13.1 Å². The van der Waals surface area contributed by atoms with E-state index in [4.69, 9.17) is 0 Å². The number of amides is 1. The van der Waals surface area contributed by atoms with Gasteiger partial charge in [-0.3, -0.25) is 19.2 Å². The quantitative estimate of drug-likeness (QED) is 0.629. The lowest BCUT2D eigenvalue weighted by atomic mass is 10.1. The van der Waals surface area contributed by atoms with Gasteiger partial charge in [0.1, 0.15) is 11.2 Å². The summed E-state index contributed by atoms with van der Waals surface area (Å²) in [5.41, 5.74) is 3.69. The fourth-order valence-electron chi connectivity index (χ4n) is 4.24. The van der Waals surface area contributed by atoms with E-state index < -0.39 is 0 Å². The van der Waals surface area contributed by atoms with Gasteiger partial charge in [0, 0.05) is 56.9 Å². The van der Waals surface area contributed by atoms with Gasteiger partial charge in [0.05, 0.1) is 17.6 Å². The summed E-state index contributed by atoms with van der Waals surface area (Å²) in [6.07, 6.45) is 1.68. The monoisotopic (exact) mass is 422 g/mol. The van der Waals surface area contributed by atoms with E-state index in [1.165, 1.54) is 5.69 Å². The maximum atomic E-state index is 13.2. The van der Waals surface area contributed by atoms with Gasteiger partial charge < -0.3 is 9.47 Å². The molecule has 1 aliphatic heterocycles. The second-order valence-electron chi connectivity index (χ2n) is 8.27. The van der Waals surface area contributed by atoms with Gasteiger partial charge in [-0.15, -0.1) is 0 Å². The number of carbonyl (C=O) groups is 1. The normalized spacial score (nSPS) is 15.0. The summed E-state index contributed by atoms with van der Waals surface area (Å²) in [4.78, 5) is 34.9. The summed E-state index contributed by atoms with van der Waals surface area (Å²) >= 11 is 0. The van der Waals surface area contributed by atoms with Crippen molar-refractivity contribution in [2.75, 3.05) is 32.7 Å². The van der Waals surface area contributed by atoms with Gasteiger partial charge in [-0.25, -0.2) is 4.98 Å². The molecule has 0 aromatic carbocycles. The summed E-state index contributed by atoms with van der Waals surface area (Å²) in [5.74, 6) is -0.187. The molecule has 31 heavy (non-hydrogen) atoms. The molecule has 1 amide bonds. The van der Waals surface area contributed by atoms with Gasteiger partial charge in [0.25, 0.3) is 5.91 Å². The van der Waals surface area contributed by atoms with Crippen molar-refractivity contribution in [1.29, 1.82) is 0 Å². The number of piperazine rings is 1. The Balaban J connectivity index is 1.45. The summed E-state index contributed by atoms with van der Waals surface area (Å²) < 4.78 is 3.92. The van der Waals surface area contributed by atoms with Gasteiger partial charge in [-0.1, -0.05) is 0 Å². The van der Waals surface area contributed by atoms with E-state index >= 15 is 0 Å². The van der Waals surface area contributed by atoms with E-state index in [0.29, 0.717) is 30.7 Å². The third-order valence-electron chi connectivity index (χ3n) is 6.02. The van der Waals surface area contributed by atoms with Crippen molar-refractivity contribution in [1.82, 2.24) is 29.1 Å². The zero-order valence-corrected chi connectivity index (χ0v) is 18.8. The van der Waals surface area contributed by atoms with Crippen LogP contribution >= 0.6 is 0 Å². The van der Waals surface area contributed by atoms with Crippen LogP contribution in [0, 0.1) is 20.8 Å².